The fraction of sp³-hybridized carbons (Fsp3) is 0.760. The average molecular weight is 523 g/mol. The van der Waals surface area contributed by atoms with E-state index in [1.165, 1.54) is 11.0 Å². The zero-order chi connectivity index (χ0) is 26.5. The minimum atomic E-state index is -3.77. The first-order valence-electron chi connectivity index (χ1n) is 12.9. The Labute approximate surface area is 213 Å². The first kappa shape index (κ1) is 26.6. The molecule has 10 nitrogen and oxygen atoms in total. The maximum atomic E-state index is 13.6. The van der Waals surface area contributed by atoms with Crippen molar-refractivity contribution in [1.29, 1.82) is 0 Å². The van der Waals surface area contributed by atoms with Crippen molar-refractivity contribution >= 4 is 33.7 Å². The largest absolute Gasteiger partial charge is 0.344 e. The van der Waals surface area contributed by atoms with Crippen molar-refractivity contribution in [3.63, 3.8) is 0 Å². The lowest BCUT2D eigenvalue weighted by Gasteiger charge is -2.35. The van der Waals surface area contributed by atoms with Crippen LogP contribution in [0, 0.1) is 17.3 Å². The maximum Gasteiger partial charge on any atom is 0.259 e. The summed E-state index contributed by atoms with van der Waals surface area (Å²) in [6.07, 6.45) is 6.28. The summed E-state index contributed by atoms with van der Waals surface area (Å²) in [6.45, 7) is 9.69. The molecular formula is C25H38N4O6S. The second-order valence-electron chi connectivity index (χ2n) is 11.9. The van der Waals surface area contributed by atoms with E-state index >= 15 is 0 Å². The molecule has 1 saturated heterocycles. The van der Waals surface area contributed by atoms with Gasteiger partial charge in [-0.3, -0.25) is 23.9 Å². The van der Waals surface area contributed by atoms with Crippen LogP contribution in [0.4, 0.5) is 0 Å². The van der Waals surface area contributed by atoms with Crippen LogP contribution in [0.3, 0.4) is 0 Å². The Morgan fingerprint density at radius 3 is 2.31 bits per heavy atom. The van der Waals surface area contributed by atoms with E-state index in [2.05, 4.69) is 21.9 Å². The number of nitrogens with one attached hydrogen (secondary N) is 3. The Kier molecular flexibility index (Phi) is 7.00. The molecule has 200 valence electrons. The Morgan fingerprint density at radius 2 is 1.78 bits per heavy atom. The zero-order valence-electron chi connectivity index (χ0n) is 21.3. The Balaban J connectivity index is 1.46. The Bertz CT molecular complexity index is 1060. The third-order valence-electron chi connectivity index (χ3n) is 7.68. The molecule has 4 aliphatic rings. The third-order valence-corrected chi connectivity index (χ3v) is 9.50. The second-order valence-corrected chi connectivity index (χ2v) is 13.8. The van der Waals surface area contributed by atoms with Gasteiger partial charge >= 0.3 is 0 Å². The molecule has 0 bridgehead atoms. The maximum absolute atomic E-state index is 13.6. The number of carbonyl (C=O) groups excluding carboxylic acids is 4. The number of rotatable bonds is 10. The first-order chi connectivity index (χ1) is 16.8. The molecule has 4 fully saturated rings. The summed E-state index contributed by atoms with van der Waals surface area (Å²) in [5.74, 6) is -1.76. The fourth-order valence-electron chi connectivity index (χ4n) is 4.94. The molecule has 3 saturated carbocycles. The number of nitrogens with zero attached hydrogens (tertiary/aromatic N) is 1. The van der Waals surface area contributed by atoms with E-state index in [0.29, 0.717) is 44.6 Å². The van der Waals surface area contributed by atoms with Gasteiger partial charge in [0.05, 0.1) is 5.25 Å². The molecule has 4 amide bonds. The van der Waals surface area contributed by atoms with Crippen molar-refractivity contribution in [2.75, 3.05) is 6.54 Å². The van der Waals surface area contributed by atoms with Crippen LogP contribution in [-0.4, -0.2) is 66.4 Å². The molecule has 1 aliphatic heterocycles. The highest BCUT2D eigenvalue weighted by atomic mass is 32.2. The Hall–Kier alpha value is -2.43. The quantitative estimate of drug-likeness (QED) is 0.365. The van der Waals surface area contributed by atoms with E-state index in [4.69, 9.17) is 0 Å². The second kappa shape index (κ2) is 9.46. The van der Waals surface area contributed by atoms with Gasteiger partial charge in [-0.15, -0.1) is 6.58 Å². The molecule has 0 aromatic heterocycles. The van der Waals surface area contributed by atoms with Gasteiger partial charge in [-0.2, -0.15) is 0 Å². The van der Waals surface area contributed by atoms with Crippen molar-refractivity contribution in [2.24, 2.45) is 17.3 Å². The van der Waals surface area contributed by atoms with Crippen LogP contribution in [0.15, 0.2) is 12.7 Å². The van der Waals surface area contributed by atoms with Crippen molar-refractivity contribution in [2.45, 2.75) is 95.0 Å². The molecule has 0 aromatic carbocycles. The number of hydrogen-bond donors (Lipinski definition) is 3. The van der Waals surface area contributed by atoms with E-state index in [1.54, 1.807) is 0 Å². The van der Waals surface area contributed by atoms with Gasteiger partial charge < -0.3 is 15.5 Å². The van der Waals surface area contributed by atoms with Crippen LogP contribution in [0.1, 0.15) is 72.1 Å². The van der Waals surface area contributed by atoms with Crippen molar-refractivity contribution in [1.82, 2.24) is 20.3 Å². The smallest absolute Gasteiger partial charge is 0.259 e. The molecule has 3 N–H and O–H groups in total. The van der Waals surface area contributed by atoms with Crippen molar-refractivity contribution in [3.8, 4) is 0 Å². The highest BCUT2D eigenvalue weighted by molar-refractivity contribution is 7.91. The molecule has 0 spiro atoms. The van der Waals surface area contributed by atoms with Gasteiger partial charge in [0, 0.05) is 18.9 Å². The molecule has 11 heteroatoms. The predicted molar refractivity (Wildman–Crippen MR) is 133 cm³/mol. The van der Waals surface area contributed by atoms with Gasteiger partial charge in [0.25, 0.3) is 5.91 Å². The summed E-state index contributed by atoms with van der Waals surface area (Å²) < 4.78 is 26.8. The first-order valence-corrected chi connectivity index (χ1v) is 14.4. The summed E-state index contributed by atoms with van der Waals surface area (Å²) in [5.41, 5.74) is -1.96. The molecule has 3 aliphatic carbocycles. The zero-order valence-corrected chi connectivity index (χ0v) is 22.2. The molecule has 4 rings (SSSR count). The van der Waals surface area contributed by atoms with E-state index < -0.39 is 56.0 Å². The summed E-state index contributed by atoms with van der Waals surface area (Å²) in [6, 6.07) is -1.60. The molecule has 36 heavy (non-hydrogen) atoms. The summed E-state index contributed by atoms with van der Waals surface area (Å²) in [7, 11) is -3.77. The monoisotopic (exact) mass is 522 g/mol. The van der Waals surface area contributed by atoms with Crippen LogP contribution >= 0.6 is 0 Å². The highest BCUT2D eigenvalue weighted by Gasteiger charge is 2.61. The molecular weight excluding hydrogens is 484 g/mol. The van der Waals surface area contributed by atoms with E-state index in [0.717, 1.165) is 12.8 Å². The number of amides is 4. The van der Waals surface area contributed by atoms with Gasteiger partial charge in [-0.1, -0.05) is 26.8 Å². The van der Waals surface area contributed by atoms with Gasteiger partial charge in [0.1, 0.15) is 17.6 Å². The lowest BCUT2D eigenvalue weighted by molar-refractivity contribution is -0.144. The molecule has 3 unspecified atom stereocenters. The van der Waals surface area contributed by atoms with Crippen LogP contribution < -0.4 is 15.4 Å². The number of carbonyl (C=O) groups is 4. The molecule has 4 atom stereocenters. The number of hydrogen-bond acceptors (Lipinski definition) is 6. The van der Waals surface area contributed by atoms with Crippen molar-refractivity contribution < 1.29 is 27.6 Å². The topological polar surface area (TPSA) is 142 Å². The van der Waals surface area contributed by atoms with Gasteiger partial charge in [0.15, 0.2) is 0 Å². The number of sulfonamides is 1. The normalized spacial score (nSPS) is 28.7. The molecule has 0 radical (unpaired) electrons. The average Bonchev–Trinajstić information content (AvgIpc) is 3.66. The predicted octanol–water partition coefficient (Wildman–Crippen LogP) is 0.978. The molecule has 0 aromatic rings. The van der Waals surface area contributed by atoms with Crippen LogP contribution in [0.25, 0.3) is 0 Å². The summed E-state index contributed by atoms with van der Waals surface area (Å²) in [4.78, 5) is 54.0. The lowest BCUT2D eigenvalue weighted by atomic mass is 9.85. The van der Waals surface area contributed by atoms with E-state index in [9.17, 15) is 27.6 Å². The van der Waals surface area contributed by atoms with Crippen molar-refractivity contribution in [3.05, 3.63) is 12.7 Å². The van der Waals surface area contributed by atoms with Gasteiger partial charge in [0.2, 0.25) is 27.7 Å². The van der Waals surface area contributed by atoms with E-state index in [1.807, 2.05) is 20.8 Å². The SMILES string of the molecule is C=CC1CC1(NC(=O)C1CCCN1C(=O)[C@@H](NC(=O)CC1CC1)C(C)(C)C)C(=O)NS(=O)(=O)C1CC1. The molecule has 1 heterocycles. The van der Waals surface area contributed by atoms with Gasteiger partial charge in [-0.25, -0.2) is 8.42 Å². The van der Waals surface area contributed by atoms with E-state index in [-0.39, 0.29) is 18.2 Å². The Morgan fingerprint density at radius 1 is 1.11 bits per heavy atom. The standard InChI is InChI=1S/C25H38N4O6S/c1-5-16-14-25(16,23(33)28-36(34,35)17-10-11-17)27-21(31)18-7-6-12-29(18)22(32)20(24(2,3)4)26-19(30)13-15-8-9-15/h5,15-18,20H,1,6-14H2,2-4H3,(H,26,30)(H,27,31)(H,28,33)/t16?,18?,20-,25?/m1/s1. The van der Waals surface area contributed by atoms with Crippen LogP contribution in [0.2, 0.25) is 0 Å². The lowest BCUT2D eigenvalue weighted by Crippen LogP contribution is -2.60. The fourth-order valence-corrected chi connectivity index (χ4v) is 6.30. The van der Waals surface area contributed by atoms with Crippen LogP contribution in [0.5, 0.6) is 0 Å². The third kappa shape index (κ3) is 5.60. The van der Waals surface area contributed by atoms with Crippen LogP contribution in [-0.2, 0) is 29.2 Å². The highest BCUT2D eigenvalue weighted by Crippen LogP contribution is 2.45. The number of likely N-dealkylation sites (tertiary alicyclic amines) is 1. The minimum Gasteiger partial charge on any atom is -0.344 e. The van der Waals surface area contributed by atoms with Gasteiger partial charge in [-0.05, 0) is 56.3 Å². The minimum absolute atomic E-state index is 0.162. The summed E-state index contributed by atoms with van der Waals surface area (Å²) >= 11 is 0. The summed E-state index contributed by atoms with van der Waals surface area (Å²) in [5, 5.41) is 5.09.